The van der Waals surface area contributed by atoms with Crippen LogP contribution in [0.5, 0.6) is 5.75 Å². The van der Waals surface area contributed by atoms with Crippen molar-refractivity contribution in [2.75, 3.05) is 12.4 Å². The molecule has 94 valence electrons. The van der Waals surface area contributed by atoms with Crippen molar-refractivity contribution in [2.45, 2.75) is 6.61 Å². The van der Waals surface area contributed by atoms with Crippen molar-refractivity contribution in [2.24, 2.45) is 0 Å². The van der Waals surface area contributed by atoms with Gasteiger partial charge in [-0.2, -0.15) is 8.78 Å². The number of hydrogen-bond acceptors (Lipinski definition) is 4. The van der Waals surface area contributed by atoms with Crippen LogP contribution >= 0.6 is 0 Å². The first-order valence-electron chi connectivity index (χ1n) is 5.26. The van der Waals surface area contributed by atoms with Gasteiger partial charge < -0.3 is 10.1 Å². The molecule has 18 heavy (non-hydrogen) atoms. The lowest BCUT2D eigenvalue weighted by molar-refractivity contribution is -0.0498. The minimum absolute atomic E-state index is 0.0991. The molecule has 0 spiro atoms. The fourth-order valence-electron chi connectivity index (χ4n) is 1.45. The largest absolute Gasteiger partial charge is 0.435 e. The van der Waals surface area contributed by atoms with Crippen LogP contribution in [0.1, 0.15) is 0 Å². The Labute approximate surface area is 103 Å². The van der Waals surface area contributed by atoms with Gasteiger partial charge in [0.1, 0.15) is 11.6 Å². The third-order valence-electron chi connectivity index (χ3n) is 2.28. The third-order valence-corrected chi connectivity index (χ3v) is 2.28. The van der Waals surface area contributed by atoms with Crippen molar-refractivity contribution in [3.63, 3.8) is 0 Å². The number of benzene rings is 1. The Bertz CT molecular complexity index is 517. The molecule has 6 heteroatoms. The van der Waals surface area contributed by atoms with E-state index in [0.29, 0.717) is 17.1 Å². The molecule has 0 radical (unpaired) electrons. The molecule has 1 aromatic heterocycles. The summed E-state index contributed by atoms with van der Waals surface area (Å²) in [6, 6.07) is 9.84. The van der Waals surface area contributed by atoms with E-state index in [4.69, 9.17) is 0 Å². The van der Waals surface area contributed by atoms with Crippen LogP contribution in [-0.4, -0.2) is 23.9 Å². The molecule has 0 saturated carbocycles. The summed E-state index contributed by atoms with van der Waals surface area (Å²) >= 11 is 0. The second kappa shape index (κ2) is 5.39. The van der Waals surface area contributed by atoms with Crippen LogP contribution < -0.4 is 10.1 Å². The zero-order chi connectivity index (χ0) is 13.0. The SMILES string of the molecule is CNc1ccc(-c2cccc(OC(F)F)c2)nn1. The van der Waals surface area contributed by atoms with E-state index in [2.05, 4.69) is 20.3 Å². The molecule has 2 aromatic rings. The van der Waals surface area contributed by atoms with Crippen LogP contribution in [-0.2, 0) is 0 Å². The summed E-state index contributed by atoms with van der Waals surface area (Å²) in [6.45, 7) is -2.84. The Hall–Kier alpha value is -2.24. The van der Waals surface area contributed by atoms with Crippen LogP contribution in [0, 0.1) is 0 Å². The number of rotatable bonds is 4. The van der Waals surface area contributed by atoms with Crippen LogP contribution in [0.3, 0.4) is 0 Å². The lowest BCUT2D eigenvalue weighted by Crippen LogP contribution is -2.01. The average Bonchev–Trinajstić information content (AvgIpc) is 2.38. The Morgan fingerprint density at radius 1 is 1.17 bits per heavy atom. The van der Waals surface area contributed by atoms with E-state index >= 15 is 0 Å². The van der Waals surface area contributed by atoms with Crippen molar-refractivity contribution in [1.82, 2.24) is 10.2 Å². The van der Waals surface area contributed by atoms with E-state index in [-0.39, 0.29) is 5.75 Å². The summed E-state index contributed by atoms with van der Waals surface area (Å²) in [4.78, 5) is 0. The zero-order valence-corrected chi connectivity index (χ0v) is 9.60. The van der Waals surface area contributed by atoms with Crippen LogP contribution in [0.4, 0.5) is 14.6 Å². The third kappa shape index (κ3) is 2.91. The lowest BCUT2D eigenvalue weighted by Gasteiger charge is -2.06. The Morgan fingerprint density at radius 3 is 2.61 bits per heavy atom. The highest BCUT2D eigenvalue weighted by molar-refractivity contribution is 5.61. The smallest absolute Gasteiger partial charge is 0.387 e. The highest BCUT2D eigenvalue weighted by atomic mass is 19.3. The Balaban J connectivity index is 2.26. The van der Waals surface area contributed by atoms with Gasteiger partial charge in [-0.3, -0.25) is 0 Å². The van der Waals surface area contributed by atoms with Gasteiger partial charge in [-0.15, -0.1) is 10.2 Å². The summed E-state index contributed by atoms with van der Waals surface area (Å²) in [7, 11) is 1.74. The van der Waals surface area contributed by atoms with Crippen molar-refractivity contribution < 1.29 is 13.5 Å². The van der Waals surface area contributed by atoms with E-state index in [1.54, 1.807) is 31.3 Å². The number of nitrogens with one attached hydrogen (secondary N) is 1. The topological polar surface area (TPSA) is 47.0 Å². The fraction of sp³-hybridized carbons (Fsp3) is 0.167. The molecule has 0 fully saturated rings. The Kier molecular flexibility index (Phi) is 3.66. The van der Waals surface area contributed by atoms with E-state index in [1.807, 2.05) is 0 Å². The summed E-state index contributed by atoms with van der Waals surface area (Å²) < 4.78 is 28.5. The number of aromatic nitrogens is 2. The lowest BCUT2D eigenvalue weighted by atomic mass is 10.1. The van der Waals surface area contributed by atoms with Gasteiger partial charge in [-0.05, 0) is 24.3 Å². The molecule has 4 nitrogen and oxygen atoms in total. The summed E-state index contributed by atoms with van der Waals surface area (Å²) in [5.74, 6) is 0.737. The zero-order valence-electron chi connectivity index (χ0n) is 9.60. The molecule has 0 unspecified atom stereocenters. The maximum atomic E-state index is 12.1. The van der Waals surface area contributed by atoms with Gasteiger partial charge in [-0.25, -0.2) is 0 Å². The molecule has 0 aliphatic rings. The molecule has 0 atom stereocenters. The molecule has 0 bridgehead atoms. The quantitative estimate of drug-likeness (QED) is 0.907. The number of anilines is 1. The second-order valence-corrected chi connectivity index (χ2v) is 3.46. The molecule has 1 heterocycles. The van der Waals surface area contributed by atoms with E-state index in [1.165, 1.54) is 12.1 Å². The Morgan fingerprint density at radius 2 is 2.00 bits per heavy atom. The van der Waals surface area contributed by atoms with Crippen LogP contribution in [0.15, 0.2) is 36.4 Å². The normalized spacial score (nSPS) is 10.4. The standard InChI is InChI=1S/C12H11F2N3O/c1-15-11-6-5-10(16-17-11)8-3-2-4-9(7-8)18-12(13)14/h2-7,12H,1H3,(H,15,17). The monoisotopic (exact) mass is 251 g/mol. The van der Waals surface area contributed by atoms with Gasteiger partial charge in [0.2, 0.25) is 0 Å². The van der Waals surface area contributed by atoms with Gasteiger partial charge in [0.15, 0.2) is 0 Å². The van der Waals surface area contributed by atoms with Crippen molar-refractivity contribution in [3.8, 4) is 17.0 Å². The molecule has 0 aliphatic carbocycles. The van der Waals surface area contributed by atoms with Gasteiger partial charge in [-0.1, -0.05) is 12.1 Å². The molecular weight excluding hydrogens is 240 g/mol. The van der Waals surface area contributed by atoms with Gasteiger partial charge in [0.05, 0.1) is 5.69 Å². The highest BCUT2D eigenvalue weighted by Crippen LogP contribution is 2.23. The van der Waals surface area contributed by atoms with E-state index < -0.39 is 6.61 Å². The minimum Gasteiger partial charge on any atom is -0.435 e. The molecule has 1 N–H and O–H groups in total. The fourth-order valence-corrected chi connectivity index (χ4v) is 1.45. The number of nitrogens with zero attached hydrogens (tertiary/aromatic N) is 2. The molecule has 0 aliphatic heterocycles. The van der Waals surface area contributed by atoms with E-state index in [9.17, 15) is 8.78 Å². The van der Waals surface area contributed by atoms with Crippen molar-refractivity contribution in [1.29, 1.82) is 0 Å². The first-order chi connectivity index (χ1) is 8.69. The molecule has 0 saturated heterocycles. The first kappa shape index (κ1) is 12.2. The molecular formula is C12H11F2N3O. The number of ether oxygens (including phenoxy) is 1. The van der Waals surface area contributed by atoms with Gasteiger partial charge in [0.25, 0.3) is 0 Å². The molecule has 1 aromatic carbocycles. The van der Waals surface area contributed by atoms with Crippen molar-refractivity contribution in [3.05, 3.63) is 36.4 Å². The van der Waals surface area contributed by atoms with Gasteiger partial charge >= 0.3 is 6.61 Å². The van der Waals surface area contributed by atoms with E-state index in [0.717, 1.165) is 0 Å². The first-order valence-corrected chi connectivity index (χ1v) is 5.26. The summed E-state index contributed by atoms with van der Waals surface area (Å²) in [6.07, 6.45) is 0. The highest BCUT2D eigenvalue weighted by Gasteiger charge is 2.06. The summed E-state index contributed by atoms with van der Waals surface area (Å²) in [5.41, 5.74) is 1.26. The minimum atomic E-state index is -2.84. The average molecular weight is 251 g/mol. The number of halogens is 2. The molecule has 0 amide bonds. The number of alkyl halides is 2. The maximum Gasteiger partial charge on any atom is 0.387 e. The summed E-state index contributed by atoms with van der Waals surface area (Å²) in [5, 5.41) is 10.7. The second-order valence-electron chi connectivity index (χ2n) is 3.46. The van der Waals surface area contributed by atoms with Gasteiger partial charge in [0, 0.05) is 12.6 Å². The van der Waals surface area contributed by atoms with Crippen molar-refractivity contribution >= 4 is 5.82 Å². The maximum absolute atomic E-state index is 12.1. The van der Waals surface area contributed by atoms with Crippen LogP contribution in [0.25, 0.3) is 11.3 Å². The molecule has 2 rings (SSSR count). The predicted octanol–water partition coefficient (Wildman–Crippen LogP) is 2.79. The number of hydrogen-bond donors (Lipinski definition) is 1. The predicted molar refractivity (Wildman–Crippen MR) is 63.6 cm³/mol. The van der Waals surface area contributed by atoms with Crippen LogP contribution in [0.2, 0.25) is 0 Å².